The van der Waals surface area contributed by atoms with Crippen LogP contribution < -0.4 is 0 Å². The Bertz CT molecular complexity index is 2210. The number of rotatable bonds is 5. The molecule has 5 heteroatoms. The number of aromatic nitrogens is 5. The van der Waals surface area contributed by atoms with E-state index >= 15 is 0 Å². The van der Waals surface area contributed by atoms with Gasteiger partial charge >= 0.3 is 0 Å². The molecule has 8 rings (SSSR count). The van der Waals surface area contributed by atoms with Gasteiger partial charge < -0.3 is 4.57 Å². The second kappa shape index (κ2) is 11.0. The fraction of sp³-hybridized carbons (Fsp3) is 0.0500. The van der Waals surface area contributed by atoms with Gasteiger partial charge in [0.05, 0.1) is 16.7 Å². The summed E-state index contributed by atoms with van der Waals surface area (Å²) in [6.07, 6.45) is 3.73. The number of fused-ring (bicyclic) bond motifs is 3. The zero-order valence-corrected chi connectivity index (χ0v) is 25.0. The molecule has 0 unspecified atom stereocenters. The summed E-state index contributed by atoms with van der Waals surface area (Å²) in [5.74, 6) is 1.90. The monoisotopic (exact) mass is 579 g/mol. The fourth-order valence-corrected chi connectivity index (χ4v) is 6.07. The van der Waals surface area contributed by atoms with Gasteiger partial charge in [0, 0.05) is 51.0 Å². The van der Waals surface area contributed by atoms with Gasteiger partial charge in [-0.25, -0.2) is 15.0 Å². The van der Waals surface area contributed by atoms with Gasteiger partial charge in [0.25, 0.3) is 0 Å². The highest BCUT2D eigenvalue weighted by atomic mass is 15.0. The van der Waals surface area contributed by atoms with Crippen LogP contribution in [0.4, 0.5) is 0 Å². The Labute approximate surface area is 261 Å². The van der Waals surface area contributed by atoms with Crippen LogP contribution in [0.2, 0.25) is 0 Å². The molecule has 0 atom stereocenters. The van der Waals surface area contributed by atoms with Crippen LogP contribution >= 0.6 is 0 Å². The first kappa shape index (κ1) is 26.7. The molecule has 0 bridgehead atoms. The van der Waals surface area contributed by atoms with Crippen LogP contribution in [-0.4, -0.2) is 24.5 Å². The van der Waals surface area contributed by atoms with E-state index in [2.05, 4.69) is 84.1 Å². The molecule has 214 valence electrons. The van der Waals surface area contributed by atoms with Gasteiger partial charge in [-0.3, -0.25) is 4.98 Å². The molecule has 3 heterocycles. The molecule has 0 radical (unpaired) electrons. The highest BCUT2D eigenvalue weighted by Crippen LogP contribution is 2.38. The third-order valence-electron chi connectivity index (χ3n) is 8.24. The van der Waals surface area contributed by atoms with Crippen molar-refractivity contribution in [2.75, 3.05) is 0 Å². The summed E-state index contributed by atoms with van der Waals surface area (Å²) >= 11 is 0. The van der Waals surface area contributed by atoms with Crippen molar-refractivity contribution in [1.82, 2.24) is 24.5 Å². The summed E-state index contributed by atoms with van der Waals surface area (Å²) in [7, 11) is 0. The third kappa shape index (κ3) is 4.85. The Morgan fingerprint density at radius 2 is 1.00 bits per heavy atom. The van der Waals surface area contributed by atoms with Crippen molar-refractivity contribution in [3.05, 3.63) is 151 Å². The number of aryl methyl sites for hydroxylation is 2. The largest absolute Gasteiger partial charge is 0.309 e. The molecule has 5 aromatic carbocycles. The van der Waals surface area contributed by atoms with Crippen molar-refractivity contribution in [2.24, 2.45) is 0 Å². The number of pyridine rings is 1. The Morgan fingerprint density at radius 3 is 1.53 bits per heavy atom. The smallest absolute Gasteiger partial charge is 0.164 e. The lowest BCUT2D eigenvalue weighted by molar-refractivity contribution is 1.07. The quantitative estimate of drug-likeness (QED) is 0.204. The van der Waals surface area contributed by atoms with E-state index in [1.54, 1.807) is 0 Å². The number of hydrogen-bond donors (Lipinski definition) is 0. The number of hydrogen-bond acceptors (Lipinski definition) is 4. The standard InChI is InChI=1S/C40H29N5/c1-26-15-19-35-33(22-26)34-23-27(2)16-20-36(34)45(35)37-24-30(17-18-32(37)31-14-9-21-41-25-31)40-43-38(28-10-5-3-6-11-28)42-39(44-40)29-12-7-4-8-13-29/h3-25H,1-2H3. The highest BCUT2D eigenvalue weighted by molar-refractivity contribution is 6.10. The SMILES string of the molecule is Cc1ccc2c(c1)c1cc(C)ccc1n2-c1cc(-c2nc(-c3ccccc3)nc(-c3ccccc3)n2)ccc1-c1cccnc1. The van der Waals surface area contributed by atoms with Crippen LogP contribution in [0.25, 0.3) is 72.8 Å². The van der Waals surface area contributed by atoms with Crippen molar-refractivity contribution >= 4 is 21.8 Å². The number of benzene rings is 5. The molecule has 5 nitrogen and oxygen atoms in total. The summed E-state index contributed by atoms with van der Waals surface area (Å²) < 4.78 is 2.37. The second-order valence-electron chi connectivity index (χ2n) is 11.4. The van der Waals surface area contributed by atoms with E-state index in [1.807, 2.05) is 79.1 Å². The zero-order valence-electron chi connectivity index (χ0n) is 25.0. The minimum atomic E-state index is 0.620. The lowest BCUT2D eigenvalue weighted by Gasteiger charge is -2.16. The summed E-state index contributed by atoms with van der Waals surface area (Å²) in [5.41, 5.74) is 10.7. The van der Waals surface area contributed by atoms with Crippen LogP contribution in [0, 0.1) is 13.8 Å². The van der Waals surface area contributed by atoms with Crippen molar-refractivity contribution in [3.8, 4) is 51.0 Å². The van der Waals surface area contributed by atoms with Crippen LogP contribution in [0.15, 0.2) is 140 Å². The first-order valence-electron chi connectivity index (χ1n) is 15.1. The molecular formula is C40H29N5. The molecule has 0 saturated heterocycles. The summed E-state index contributed by atoms with van der Waals surface area (Å²) in [4.78, 5) is 19.4. The maximum Gasteiger partial charge on any atom is 0.164 e. The van der Waals surface area contributed by atoms with Crippen molar-refractivity contribution in [1.29, 1.82) is 0 Å². The van der Waals surface area contributed by atoms with E-state index in [1.165, 1.54) is 21.9 Å². The van der Waals surface area contributed by atoms with Crippen LogP contribution in [0.1, 0.15) is 11.1 Å². The molecule has 0 fully saturated rings. The Hall–Kier alpha value is -5.94. The Morgan fingerprint density at radius 1 is 0.467 bits per heavy atom. The summed E-state index contributed by atoms with van der Waals surface area (Å²) in [6.45, 7) is 4.30. The molecule has 0 N–H and O–H groups in total. The first-order chi connectivity index (χ1) is 22.1. The third-order valence-corrected chi connectivity index (χ3v) is 8.24. The summed E-state index contributed by atoms with van der Waals surface area (Å²) in [6, 6.07) is 44.1. The van der Waals surface area contributed by atoms with Gasteiger partial charge in [0.2, 0.25) is 0 Å². The Kier molecular flexibility index (Phi) is 6.50. The van der Waals surface area contributed by atoms with Crippen LogP contribution in [0.3, 0.4) is 0 Å². The minimum Gasteiger partial charge on any atom is -0.309 e. The van der Waals surface area contributed by atoms with Gasteiger partial charge in [-0.2, -0.15) is 0 Å². The van der Waals surface area contributed by atoms with E-state index in [0.29, 0.717) is 17.5 Å². The van der Waals surface area contributed by atoms with Gasteiger partial charge in [0.15, 0.2) is 17.5 Å². The molecule has 0 amide bonds. The molecule has 0 aliphatic rings. The second-order valence-corrected chi connectivity index (χ2v) is 11.4. The predicted molar refractivity (Wildman–Crippen MR) is 183 cm³/mol. The van der Waals surface area contributed by atoms with E-state index < -0.39 is 0 Å². The molecule has 45 heavy (non-hydrogen) atoms. The molecule has 0 aliphatic heterocycles. The average molecular weight is 580 g/mol. The highest BCUT2D eigenvalue weighted by Gasteiger charge is 2.19. The minimum absolute atomic E-state index is 0.620. The van der Waals surface area contributed by atoms with E-state index in [0.717, 1.165) is 44.5 Å². The van der Waals surface area contributed by atoms with E-state index in [-0.39, 0.29) is 0 Å². The van der Waals surface area contributed by atoms with Gasteiger partial charge in [-0.05, 0) is 50.2 Å². The van der Waals surface area contributed by atoms with Crippen molar-refractivity contribution in [2.45, 2.75) is 13.8 Å². The van der Waals surface area contributed by atoms with Crippen molar-refractivity contribution in [3.63, 3.8) is 0 Å². The molecule has 8 aromatic rings. The van der Waals surface area contributed by atoms with Crippen LogP contribution in [0.5, 0.6) is 0 Å². The Balaban J connectivity index is 1.42. The predicted octanol–water partition coefficient (Wildman–Crippen LogP) is 9.65. The van der Waals surface area contributed by atoms with Gasteiger partial charge in [-0.1, -0.05) is 102 Å². The molecule has 0 saturated carbocycles. The maximum absolute atomic E-state index is 5.03. The van der Waals surface area contributed by atoms with Crippen molar-refractivity contribution < 1.29 is 0 Å². The van der Waals surface area contributed by atoms with Gasteiger partial charge in [0.1, 0.15) is 0 Å². The van der Waals surface area contributed by atoms with Gasteiger partial charge in [-0.15, -0.1) is 0 Å². The molecular weight excluding hydrogens is 550 g/mol. The molecule has 3 aromatic heterocycles. The normalized spacial score (nSPS) is 11.3. The number of nitrogens with zero attached hydrogens (tertiary/aromatic N) is 5. The average Bonchev–Trinajstić information content (AvgIpc) is 3.41. The maximum atomic E-state index is 5.03. The molecule has 0 aliphatic carbocycles. The molecule has 0 spiro atoms. The topological polar surface area (TPSA) is 56.5 Å². The van der Waals surface area contributed by atoms with Crippen LogP contribution in [-0.2, 0) is 0 Å². The fourth-order valence-electron chi connectivity index (χ4n) is 6.07. The lowest BCUT2D eigenvalue weighted by Crippen LogP contribution is -2.02. The van der Waals surface area contributed by atoms with E-state index in [4.69, 9.17) is 15.0 Å². The summed E-state index contributed by atoms with van der Waals surface area (Å²) in [5, 5.41) is 2.46. The first-order valence-corrected chi connectivity index (χ1v) is 15.1. The zero-order chi connectivity index (χ0) is 30.3. The lowest BCUT2D eigenvalue weighted by atomic mass is 10.0. The van der Waals surface area contributed by atoms with E-state index in [9.17, 15) is 0 Å².